The van der Waals surface area contributed by atoms with Gasteiger partial charge in [-0.3, -0.25) is 0 Å². The van der Waals surface area contributed by atoms with Crippen molar-refractivity contribution in [1.29, 1.82) is 5.26 Å². The number of nitrogens with zero attached hydrogens (tertiary/aromatic N) is 1. The highest BCUT2D eigenvalue weighted by atomic mass is 79.9. The molecular formula is C11H6BrFN2S. The second-order valence-corrected chi connectivity index (χ2v) is 5.01. The van der Waals surface area contributed by atoms with Crippen molar-refractivity contribution in [3.05, 3.63) is 39.4 Å². The summed E-state index contributed by atoms with van der Waals surface area (Å²) in [5.41, 5.74) is 6.47. The number of nitrogen functional groups attached to an aromatic ring is 1. The number of anilines is 1. The predicted molar refractivity (Wildman–Crippen MR) is 66.5 cm³/mol. The van der Waals surface area contributed by atoms with Gasteiger partial charge in [-0.2, -0.15) is 5.26 Å². The second kappa shape index (κ2) is 4.24. The third kappa shape index (κ3) is 1.82. The van der Waals surface area contributed by atoms with Crippen molar-refractivity contribution in [2.24, 2.45) is 0 Å². The zero-order valence-corrected chi connectivity index (χ0v) is 10.4. The Balaban J connectivity index is 2.60. The lowest BCUT2D eigenvalue weighted by atomic mass is 10.2. The van der Waals surface area contributed by atoms with Crippen molar-refractivity contribution < 1.29 is 4.39 Å². The molecule has 1 aromatic heterocycles. The van der Waals surface area contributed by atoms with Gasteiger partial charge in [-0.25, -0.2) is 4.39 Å². The first kappa shape index (κ1) is 11.1. The van der Waals surface area contributed by atoms with Crippen LogP contribution in [0, 0.1) is 17.1 Å². The molecule has 2 aromatic rings. The molecular weight excluding hydrogens is 291 g/mol. The van der Waals surface area contributed by atoms with Crippen LogP contribution in [0.15, 0.2) is 28.7 Å². The molecule has 16 heavy (non-hydrogen) atoms. The molecule has 1 aromatic carbocycles. The van der Waals surface area contributed by atoms with E-state index < -0.39 is 0 Å². The van der Waals surface area contributed by atoms with Crippen molar-refractivity contribution >= 4 is 33.0 Å². The number of nitrogens with two attached hydrogens (primary N) is 1. The minimum atomic E-state index is -0.340. The zero-order chi connectivity index (χ0) is 11.7. The van der Waals surface area contributed by atoms with Crippen LogP contribution in [0.25, 0.3) is 10.4 Å². The van der Waals surface area contributed by atoms with Crippen LogP contribution in [0.5, 0.6) is 0 Å². The monoisotopic (exact) mass is 296 g/mol. The van der Waals surface area contributed by atoms with E-state index in [0.29, 0.717) is 25.5 Å². The molecule has 0 amide bonds. The van der Waals surface area contributed by atoms with Crippen LogP contribution in [0.1, 0.15) is 4.88 Å². The average Bonchev–Trinajstić information content (AvgIpc) is 2.63. The third-order valence-corrected chi connectivity index (χ3v) is 3.78. The summed E-state index contributed by atoms with van der Waals surface area (Å²) in [6.07, 6.45) is 0. The summed E-state index contributed by atoms with van der Waals surface area (Å²) >= 11 is 4.31. The molecule has 2 rings (SSSR count). The molecule has 0 atom stereocenters. The smallest absolute Gasteiger partial charge is 0.146 e. The van der Waals surface area contributed by atoms with Gasteiger partial charge in [-0.1, -0.05) is 12.1 Å². The van der Waals surface area contributed by atoms with Gasteiger partial charge in [-0.05, 0) is 28.1 Å². The maximum atomic E-state index is 13.8. The Morgan fingerprint density at radius 1 is 1.44 bits per heavy atom. The SMILES string of the molecule is N#Cc1sc(-c2cccc(Br)c2F)cc1N. The van der Waals surface area contributed by atoms with Crippen LogP contribution >= 0.6 is 27.3 Å². The number of nitriles is 1. The molecule has 0 aliphatic carbocycles. The number of hydrogen-bond acceptors (Lipinski definition) is 3. The highest BCUT2D eigenvalue weighted by Crippen LogP contribution is 2.35. The minimum Gasteiger partial charge on any atom is -0.397 e. The number of benzene rings is 1. The largest absolute Gasteiger partial charge is 0.397 e. The number of halogens is 2. The third-order valence-electron chi connectivity index (χ3n) is 2.08. The molecule has 0 saturated heterocycles. The summed E-state index contributed by atoms with van der Waals surface area (Å²) in [7, 11) is 0. The summed E-state index contributed by atoms with van der Waals surface area (Å²) in [6.45, 7) is 0. The fourth-order valence-electron chi connectivity index (χ4n) is 1.32. The number of rotatable bonds is 1. The average molecular weight is 297 g/mol. The highest BCUT2D eigenvalue weighted by molar-refractivity contribution is 9.10. The van der Waals surface area contributed by atoms with E-state index in [1.54, 1.807) is 24.3 Å². The first-order chi connectivity index (χ1) is 7.63. The molecule has 0 aliphatic rings. The summed E-state index contributed by atoms with van der Waals surface area (Å²) < 4.78 is 14.2. The molecule has 2 N–H and O–H groups in total. The second-order valence-electron chi connectivity index (χ2n) is 3.11. The van der Waals surface area contributed by atoms with Gasteiger partial charge in [-0.15, -0.1) is 11.3 Å². The van der Waals surface area contributed by atoms with Crippen LogP contribution in [0.4, 0.5) is 10.1 Å². The van der Waals surface area contributed by atoms with E-state index in [0.717, 1.165) is 0 Å². The van der Waals surface area contributed by atoms with Crippen LogP contribution in [-0.4, -0.2) is 0 Å². The molecule has 0 unspecified atom stereocenters. The fourth-order valence-corrected chi connectivity index (χ4v) is 2.58. The first-order valence-corrected chi connectivity index (χ1v) is 5.98. The Morgan fingerprint density at radius 2 is 2.19 bits per heavy atom. The maximum absolute atomic E-state index is 13.8. The van der Waals surface area contributed by atoms with E-state index in [1.165, 1.54) is 11.3 Å². The lowest BCUT2D eigenvalue weighted by molar-refractivity contribution is 0.625. The summed E-state index contributed by atoms with van der Waals surface area (Å²) in [5.74, 6) is -0.340. The van der Waals surface area contributed by atoms with Gasteiger partial charge < -0.3 is 5.73 Å². The van der Waals surface area contributed by atoms with Crippen LogP contribution in [-0.2, 0) is 0 Å². The fraction of sp³-hybridized carbons (Fsp3) is 0. The highest BCUT2D eigenvalue weighted by Gasteiger charge is 2.12. The summed E-state index contributed by atoms with van der Waals surface area (Å²) in [4.78, 5) is 1.07. The Bertz CT molecular complexity index is 586. The Labute approximate surface area is 104 Å². The van der Waals surface area contributed by atoms with Gasteiger partial charge in [0.1, 0.15) is 16.8 Å². The van der Waals surface area contributed by atoms with E-state index in [2.05, 4.69) is 15.9 Å². The molecule has 5 heteroatoms. The van der Waals surface area contributed by atoms with E-state index >= 15 is 0 Å². The molecule has 2 nitrogen and oxygen atoms in total. The van der Waals surface area contributed by atoms with Crippen molar-refractivity contribution in [3.8, 4) is 16.5 Å². The Hall–Kier alpha value is -1.38. The van der Waals surface area contributed by atoms with Crippen molar-refractivity contribution in [2.45, 2.75) is 0 Å². The maximum Gasteiger partial charge on any atom is 0.146 e. The quantitative estimate of drug-likeness (QED) is 0.871. The Kier molecular flexibility index (Phi) is 2.95. The van der Waals surface area contributed by atoms with Gasteiger partial charge in [0.05, 0.1) is 10.2 Å². The molecule has 80 valence electrons. The van der Waals surface area contributed by atoms with Crippen LogP contribution in [0.3, 0.4) is 0 Å². The molecule has 0 radical (unpaired) electrons. The van der Waals surface area contributed by atoms with Gasteiger partial charge in [0.2, 0.25) is 0 Å². The minimum absolute atomic E-state index is 0.340. The Morgan fingerprint density at radius 3 is 2.81 bits per heavy atom. The molecule has 1 heterocycles. The topological polar surface area (TPSA) is 49.8 Å². The van der Waals surface area contributed by atoms with Gasteiger partial charge in [0.15, 0.2) is 0 Å². The van der Waals surface area contributed by atoms with Gasteiger partial charge >= 0.3 is 0 Å². The van der Waals surface area contributed by atoms with E-state index in [9.17, 15) is 4.39 Å². The van der Waals surface area contributed by atoms with Crippen LogP contribution in [0.2, 0.25) is 0 Å². The van der Waals surface area contributed by atoms with Gasteiger partial charge in [0.25, 0.3) is 0 Å². The predicted octanol–water partition coefficient (Wildman–Crippen LogP) is 3.77. The molecule has 0 bridgehead atoms. The molecule has 0 fully saturated rings. The standard InChI is InChI=1S/C11H6BrFN2S/c12-7-3-1-2-6(11(7)13)9-4-8(15)10(5-14)16-9/h1-4H,15H2. The van der Waals surface area contributed by atoms with E-state index in [1.807, 2.05) is 6.07 Å². The lowest BCUT2D eigenvalue weighted by Gasteiger charge is -2.00. The normalized spacial score (nSPS) is 10.1. The van der Waals surface area contributed by atoms with E-state index in [-0.39, 0.29) is 5.82 Å². The zero-order valence-electron chi connectivity index (χ0n) is 8.00. The van der Waals surface area contributed by atoms with Crippen LogP contribution < -0.4 is 5.73 Å². The number of hydrogen-bond donors (Lipinski definition) is 1. The first-order valence-electron chi connectivity index (χ1n) is 4.37. The molecule has 0 aliphatic heterocycles. The van der Waals surface area contributed by atoms with Crippen molar-refractivity contribution in [3.63, 3.8) is 0 Å². The van der Waals surface area contributed by atoms with Crippen molar-refractivity contribution in [2.75, 3.05) is 5.73 Å². The number of thiophene rings is 1. The van der Waals surface area contributed by atoms with Gasteiger partial charge in [0, 0.05) is 10.4 Å². The molecule has 0 saturated carbocycles. The summed E-state index contributed by atoms with van der Waals surface area (Å²) in [5, 5.41) is 8.78. The van der Waals surface area contributed by atoms with Crippen molar-refractivity contribution in [1.82, 2.24) is 0 Å². The van der Waals surface area contributed by atoms with E-state index in [4.69, 9.17) is 11.0 Å². The lowest BCUT2D eigenvalue weighted by Crippen LogP contribution is -1.83. The molecule has 0 spiro atoms. The summed E-state index contributed by atoms with van der Waals surface area (Å²) in [6, 6.07) is 8.62.